The van der Waals surface area contributed by atoms with Crippen LogP contribution in [-0.4, -0.2) is 70.3 Å². The fourth-order valence-corrected chi connectivity index (χ4v) is 5.01. The van der Waals surface area contributed by atoms with Crippen LogP contribution in [0, 0.1) is 6.92 Å². The zero-order valence-corrected chi connectivity index (χ0v) is 19.4. The normalized spacial score (nSPS) is 19.7. The van der Waals surface area contributed by atoms with Crippen molar-refractivity contribution in [1.82, 2.24) is 19.8 Å². The molecule has 0 aromatic carbocycles. The SMILES string of the molecule is Cc1cc(N2CCN(C(=O)[C@H]3CCCCN3C(=O)c3cccs3)CC2)nc(C(C)C)n1. The van der Waals surface area contributed by atoms with Gasteiger partial charge in [-0.15, -0.1) is 11.3 Å². The first-order valence-electron chi connectivity index (χ1n) is 11.2. The van der Waals surface area contributed by atoms with E-state index in [0.717, 1.165) is 49.7 Å². The van der Waals surface area contributed by atoms with E-state index in [1.54, 1.807) is 4.90 Å². The van der Waals surface area contributed by atoms with E-state index in [9.17, 15) is 9.59 Å². The molecule has 2 amide bonds. The first-order chi connectivity index (χ1) is 14.9. The highest BCUT2D eigenvalue weighted by Crippen LogP contribution is 2.24. The van der Waals surface area contributed by atoms with Gasteiger partial charge >= 0.3 is 0 Å². The summed E-state index contributed by atoms with van der Waals surface area (Å²) in [5, 5.41) is 1.91. The second-order valence-corrected chi connectivity index (χ2v) is 9.63. The van der Waals surface area contributed by atoms with Crippen molar-refractivity contribution in [3.05, 3.63) is 40.0 Å². The van der Waals surface area contributed by atoms with Gasteiger partial charge in [0.15, 0.2) is 0 Å². The van der Waals surface area contributed by atoms with E-state index in [2.05, 4.69) is 23.7 Å². The Bertz CT molecular complexity index is 922. The molecule has 4 rings (SSSR count). The van der Waals surface area contributed by atoms with Crippen molar-refractivity contribution in [2.45, 2.75) is 52.0 Å². The maximum Gasteiger partial charge on any atom is 0.264 e. The zero-order chi connectivity index (χ0) is 22.0. The van der Waals surface area contributed by atoms with Crippen LogP contribution in [0.4, 0.5) is 5.82 Å². The number of piperazine rings is 1. The standard InChI is InChI=1S/C23H31N5O2S/c1-16(2)21-24-17(3)15-20(25-21)26-10-12-27(13-11-26)22(29)18-7-4-5-9-28(18)23(30)19-8-6-14-31-19/h6,8,14-16,18H,4-5,7,9-13H2,1-3H3/t18-/m1/s1. The average Bonchev–Trinajstić information content (AvgIpc) is 3.33. The lowest BCUT2D eigenvalue weighted by molar-refractivity contribution is -0.137. The van der Waals surface area contributed by atoms with Gasteiger partial charge in [0.2, 0.25) is 5.91 Å². The maximum absolute atomic E-state index is 13.4. The lowest BCUT2D eigenvalue weighted by Crippen LogP contribution is -2.57. The smallest absolute Gasteiger partial charge is 0.264 e. The van der Waals surface area contributed by atoms with Gasteiger partial charge < -0.3 is 14.7 Å². The van der Waals surface area contributed by atoms with Crippen molar-refractivity contribution in [1.29, 1.82) is 0 Å². The molecule has 0 bridgehead atoms. The van der Waals surface area contributed by atoms with Gasteiger partial charge in [0.25, 0.3) is 5.91 Å². The van der Waals surface area contributed by atoms with Crippen molar-refractivity contribution < 1.29 is 9.59 Å². The van der Waals surface area contributed by atoms with Gasteiger partial charge in [-0.1, -0.05) is 19.9 Å². The molecule has 8 heteroatoms. The Morgan fingerprint density at radius 3 is 2.55 bits per heavy atom. The van der Waals surface area contributed by atoms with E-state index >= 15 is 0 Å². The summed E-state index contributed by atoms with van der Waals surface area (Å²) in [6.45, 7) is 9.64. The Morgan fingerprint density at radius 1 is 1.10 bits per heavy atom. The number of amides is 2. The number of thiophene rings is 1. The summed E-state index contributed by atoms with van der Waals surface area (Å²) < 4.78 is 0. The fraction of sp³-hybridized carbons (Fsp3) is 0.565. The summed E-state index contributed by atoms with van der Waals surface area (Å²) in [4.78, 5) is 42.3. The summed E-state index contributed by atoms with van der Waals surface area (Å²) in [5.41, 5.74) is 0.970. The Kier molecular flexibility index (Phi) is 6.55. The maximum atomic E-state index is 13.4. The Hall–Kier alpha value is -2.48. The number of carbonyl (C=O) groups excluding carboxylic acids is 2. The number of hydrogen-bond donors (Lipinski definition) is 0. The van der Waals surface area contributed by atoms with Crippen LogP contribution in [0.2, 0.25) is 0 Å². The van der Waals surface area contributed by atoms with Gasteiger partial charge in [-0.25, -0.2) is 9.97 Å². The van der Waals surface area contributed by atoms with E-state index in [0.29, 0.717) is 24.5 Å². The number of nitrogens with zero attached hydrogens (tertiary/aromatic N) is 5. The number of carbonyl (C=O) groups is 2. The summed E-state index contributed by atoms with van der Waals surface area (Å²) in [6.07, 6.45) is 2.70. The van der Waals surface area contributed by atoms with Crippen LogP contribution in [0.1, 0.15) is 60.2 Å². The molecule has 2 aromatic rings. The number of aromatic nitrogens is 2. The molecule has 0 spiro atoms. The number of anilines is 1. The number of piperidine rings is 1. The van der Waals surface area contributed by atoms with Crippen molar-refractivity contribution in [3.8, 4) is 0 Å². The van der Waals surface area contributed by atoms with E-state index in [4.69, 9.17) is 4.98 Å². The van der Waals surface area contributed by atoms with Crippen LogP contribution < -0.4 is 4.90 Å². The first kappa shape index (κ1) is 21.7. The lowest BCUT2D eigenvalue weighted by Gasteiger charge is -2.41. The second kappa shape index (κ2) is 9.34. The van der Waals surface area contributed by atoms with Crippen molar-refractivity contribution in [2.75, 3.05) is 37.6 Å². The molecule has 1 atom stereocenters. The van der Waals surface area contributed by atoms with Gasteiger partial charge in [-0.2, -0.15) is 0 Å². The monoisotopic (exact) mass is 441 g/mol. The quantitative estimate of drug-likeness (QED) is 0.728. The van der Waals surface area contributed by atoms with E-state index in [-0.39, 0.29) is 23.8 Å². The predicted molar refractivity (Wildman–Crippen MR) is 123 cm³/mol. The molecule has 0 unspecified atom stereocenters. The molecule has 2 aliphatic heterocycles. The molecular formula is C23H31N5O2S. The molecule has 4 heterocycles. The molecule has 0 radical (unpaired) electrons. The van der Waals surface area contributed by atoms with Crippen LogP contribution in [0.25, 0.3) is 0 Å². The number of hydrogen-bond acceptors (Lipinski definition) is 6. The van der Waals surface area contributed by atoms with Crippen molar-refractivity contribution in [3.63, 3.8) is 0 Å². The van der Waals surface area contributed by atoms with E-state index < -0.39 is 0 Å². The van der Waals surface area contributed by atoms with Gasteiger partial charge in [0.05, 0.1) is 4.88 Å². The highest BCUT2D eigenvalue weighted by molar-refractivity contribution is 7.12. The van der Waals surface area contributed by atoms with Crippen LogP contribution in [0.5, 0.6) is 0 Å². The Morgan fingerprint density at radius 2 is 1.87 bits per heavy atom. The second-order valence-electron chi connectivity index (χ2n) is 8.68. The van der Waals surface area contributed by atoms with Gasteiger partial charge in [0.1, 0.15) is 17.7 Å². The summed E-state index contributed by atoms with van der Waals surface area (Å²) >= 11 is 1.44. The predicted octanol–water partition coefficient (Wildman–Crippen LogP) is 3.31. The van der Waals surface area contributed by atoms with Crippen LogP contribution in [0.15, 0.2) is 23.6 Å². The molecule has 31 heavy (non-hydrogen) atoms. The topological polar surface area (TPSA) is 69.6 Å². The molecule has 166 valence electrons. The Balaban J connectivity index is 1.42. The van der Waals surface area contributed by atoms with E-state index in [1.165, 1.54) is 11.3 Å². The molecule has 2 saturated heterocycles. The molecule has 0 aliphatic carbocycles. The average molecular weight is 442 g/mol. The first-order valence-corrected chi connectivity index (χ1v) is 12.1. The third-order valence-corrected chi connectivity index (χ3v) is 6.93. The van der Waals surface area contributed by atoms with Crippen molar-refractivity contribution in [2.24, 2.45) is 0 Å². The van der Waals surface area contributed by atoms with Crippen molar-refractivity contribution >= 4 is 29.0 Å². The van der Waals surface area contributed by atoms with Crippen LogP contribution >= 0.6 is 11.3 Å². The zero-order valence-electron chi connectivity index (χ0n) is 18.6. The highest BCUT2D eigenvalue weighted by atomic mass is 32.1. The summed E-state index contributed by atoms with van der Waals surface area (Å²) in [6, 6.07) is 5.41. The van der Waals surface area contributed by atoms with Gasteiger partial charge in [-0.05, 0) is 37.6 Å². The minimum atomic E-state index is -0.344. The largest absolute Gasteiger partial charge is 0.353 e. The van der Waals surface area contributed by atoms with Crippen LogP contribution in [-0.2, 0) is 4.79 Å². The third kappa shape index (κ3) is 4.74. The number of likely N-dealkylation sites (tertiary alicyclic amines) is 1. The van der Waals surface area contributed by atoms with Gasteiger partial charge in [0, 0.05) is 50.4 Å². The molecule has 7 nitrogen and oxygen atoms in total. The molecule has 2 aliphatic rings. The minimum absolute atomic E-state index is 0.00985. The minimum Gasteiger partial charge on any atom is -0.353 e. The molecular weight excluding hydrogens is 410 g/mol. The van der Waals surface area contributed by atoms with Crippen LogP contribution in [0.3, 0.4) is 0 Å². The molecule has 2 fully saturated rings. The van der Waals surface area contributed by atoms with E-state index in [1.807, 2.05) is 35.4 Å². The molecule has 2 aromatic heterocycles. The van der Waals surface area contributed by atoms with Gasteiger partial charge in [-0.3, -0.25) is 9.59 Å². The lowest BCUT2D eigenvalue weighted by atomic mass is 10.00. The Labute approximate surface area is 188 Å². The molecule has 0 N–H and O–H groups in total. The highest BCUT2D eigenvalue weighted by Gasteiger charge is 2.36. The number of aryl methyl sites for hydroxylation is 1. The summed E-state index contributed by atoms with van der Waals surface area (Å²) in [7, 11) is 0. The summed E-state index contributed by atoms with van der Waals surface area (Å²) in [5.74, 6) is 2.16. The number of rotatable bonds is 4. The fourth-order valence-electron chi connectivity index (χ4n) is 4.33. The molecule has 0 saturated carbocycles. The third-order valence-electron chi connectivity index (χ3n) is 6.07.